The van der Waals surface area contributed by atoms with Gasteiger partial charge < -0.3 is 0 Å². The predicted octanol–water partition coefficient (Wildman–Crippen LogP) is 7.66. The summed E-state index contributed by atoms with van der Waals surface area (Å²) in [5, 5.41) is 0. The highest BCUT2D eigenvalue weighted by Crippen LogP contribution is 2.77. The fraction of sp³-hybridized carbons (Fsp3) is 0.714. The topological polar surface area (TPSA) is 68.3 Å². The molecule has 0 saturated heterocycles. The fourth-order valence-electron chi connectivity index (χ4n) is 9.55. The van der Waals surface area contributed by atoms with Gasteiger partial charge in [-0.3, -0.25) is 19.2 Å². The molecule has 0 radical (unpaired) electrons. The Morgan fingerprint density at radius 2 is 1.56 bits per heavy atom. The van der Waals surface area contributed by atoms with Crippen molar-refractivity contribution in [3.8, 4) is 0 Å². The molecule has 4 heteroatoms. The third kappa shape index (κ3) is 3.61. The van der Waals surface area contributed by atoms with Gasteiger partial charge in [0.25, 0.3) is 0 Å². The number of hydrogen-bond donors (Lipinski definition) is 0. The van der Waals surface area contributed by atoms with Crippen molar-refractivity contribution in [2.45, 2.75) is 108 Å². The molecule has 5 saturated carbocycles. The van der Waals surface area contributed by atoms with E-state index >= 15 is 9.59 Å². The average Bonchev–Trinajstić information content (AvgIpc) is 2.97. The van der Waals surface area contributed by atoms with Crippen molar-refractivity contribution in [1.29, 1.82) is 0 Å². The summed E-state index contributed by atoms with van der Waals surface area (Å²) in [6.07, 6.45) is 7.79. The van der Waals surface area contributed by atoms with Crippen LogP contribution in [0.15, 0.2) is 35.5 Å². The highest BCUT2D eigenvalue weighted by molar-refractivity contribution is 6.40. The Labute approximate surface area is 236 Å². The van der Waals surface area contributed by atoms with Crippen LogP contribution in [0.4, 0.5) is 0 Å². The van der Waals surface area contributed by atoms with Gasteiger partial charge in [-0.2, -0.15) is 0 Å². The van der Waals surface area contributed by atoms with E-state index < -0.39 is 33.4 Å². The van der Waals surface area contributed by atoms with Gasteiger partial charge in [0.1, 0.15) is 0 Å². The molecule has 5 aliphatic carbocycles. The van der Waals surface area contributed by atoms with Gasteiger partial charge in [-0.05, 0) is 94.8 Å². The van der Waals surface area contributed by atoms with Gasteiger partial charge in [0.05, 0.1) is 10.8 Å². The molecular formula is C35H50O4. The SMILES string of the molecule is C=C(C)[C@@H]1C[C@@]23C(=O)[C@@]4(C/C=C(\C)CCC=C(C)C)C[C@@H](C[C@H]2C1(C)C)C(C)(C)[C@](C(=O)C(C)C)(C4=O)C3=O. The van der Waals surface area contributed by atoms with Crippen molar-refractivity contribution >= 4 is 23.1 Å². The van der Waals surface area contributed by atoms with Crippen LogP contribution in [0.1, 0.15) is 108 Å². The van der Waals surface area contributed by atoms with Crippen LogP contribution in [0.3, 0.4) is 0 Å². The second-order valence-corrected chi connectivity index (χ2v) is 15.2. The first-order valence-electron chi connectivity index (χ1n) is 15.0. The predicted molar refractivity (Wildman–Crippen MR) is 156 cm³/mol. The quantitative estimate of drug-likeness (QED) is 0.237. The van der Waals surface area contributed by atoms with Crippen LogP contribution in [0.5, 0.6) is 0 Å². The first kappa shape index (κ1) is 29.9. The number of carbonyl (C=O) groups excluding carboxylic acids is 4. The zero-order valence-corrected chi connectivity index (χ0v) is 26.0. The maximum absolute atomic E-state index is 15.1. The zero-order chi connectivity index (χ0) is 29.5. The number of allylic oxidation sites excluding steroid dienone is 5. The number of carbonyl (C=O) groups is 4. The van der Waals surface area contributed by atoms with Gasteiger partial charge in [-0.1, -0.05) is 77.0 Å². The van der Waals surface area contributed by atoms with E-state index in [1.54, 1.807) is 13.8 Å². The molecule has 0 aromatic carbocycles. The number of ketones is 4. The summed E-state index contributed by atoms with van der Waals surface area (Å²) in [4.78, 5) is 59.4. The molecule has 0 unspecified atom stereocenters. The van der Waals surface area contributed by atoms with Crippen LogP contribution in [0.2, 0.25) is 0 Å². The van der Waals surface area contributed by atoms with Crippen LogP contribution in [0.25, 0.3) is 0 Å². The molecule has 39 heavy (non-hydrogen) atoms. The molecule has 6 atom stereocenters. The monoisotopic (exact) mass is 534 g/mol. The maximum atomic E-state index is 15.1. The summed E-state index contributed by atoms with van der Waals surface area (Å²) in [5.74, 6) is -2.05. The molecule has 0 aromatic heterocycles. The molecule has 5 rings (SSSR count). The minimum Gasteiger partial charge on any atom is -0.298 e. The van der Waals surface area contributed by atoms with Gasteiger partial charge in [-0.25, -0.2) is 0 Å². The van der Waals surface area contributed by atoms with Crippen molar-refractivity contribution in [2.24, 2.45) is 50.7 Å². The second-order valence-electron chi connectivity index (χ2n) is 15.2. The smallest absolute Gasteiger partial charge is 0.168 e. The Kier molecular flexibility index (Phi) is 7.06. The van der Waals surface area contributed by atoms with E-state index in [1.165, 1.54) is 5.57 Å². The van der Waals surface area contributed by atoms with Gasteiger partial charge in [0.2, 0.25) is 0 Å². The third-order valence-corrected chi connectivity index (χ3v) is 11.8. The van der Waals surface area contributed by atoms with Crippen LogP contribution in [0, 0.1) is 50.7 Å². The number of hydrogen-bond acceptors (Lipinski definition) is 4. The molecule has 214 valence electrons. The van der Waals surface area contributed by atoms with E-state index in [0.29, 0.717) is 19.3 Å². The summed E-state index contributed by atoms with van der Waals surface area (Å²) >= 11 is 0. The molecule has 0 N–H and O–H groups in total. The lowest BCUT2D eigenvalue weighted by Gasteiger charge is -2.60. The molecule has 5 fully saturated rings. The van der Waals surface area contributed by atoms with Crippen molar-refractivity contribution in [3.63, 3.8) is 0 Å². The fourth-order valence-corrected chi connectivity index (χ4v) is 9.55. The standard InChI is InChI=1S/C35H50O4/c1-20(2)13-12-14-23(7)15-16-33-18-24-17-26-31(8,9)25(21(3)4)19-34(26,28(33)37)30(39)35(29(33)38,32(24,10)11)27(36)22(5)6/h13,15,22,24-26H,3,12,14,16-19H2,1-2,4-11H3/b23-15+/t24-,25+,26+,33-,34+,35-/m1/s1. The zero-order valence-electron chi connectivity index (χ0n) is 26.0. The average molecular weight is 535 g/mol. The first-order chi connectivity index (χ1) is 17.9. The normalized spacial score (nSPS) is 38.2. The van der Waals surface area contributed by atoms with Crippen LogP contribution >= 0.6 is 0 Å². The second kappa shape index (κ2) is 9.21. The van der Waals surface area contributed by atoms with E-state index in [9.17, 15) is 9.59 Å². The molecule has 0 amide bonds. The third-order valence-electron chi connectivity index (χ3n) is 11.8. The largest absolute Gasteiger partial charge is 0.298 e. The van der Waals surface area contributed by atoms with E-state index in [4.69, 9.17) is 0 Å². The van der Waals surface area contributed by atoms with E-state index in [2.05, 4.69) is 53.3 Å². The number of rotatable bonds is 8. The molecule has 0 aliphatic heterocycles. The van der Waals surface area contributed by atoms with Crippen LogP contribution in [-0.4, -0.2) is 23.1 Å². The van der Waals surface area contributed by atoms with Gasteiger partial charge in [0, 0.05) is 5.92 Å². The lowest BCUT2D eigenvalue weighted by atomic mass is 9.36. The Bertz CT molecular complexity index is 1200. The Hall–Kier alpha value is -2.10. The summed E-state index contributed by atoms with van der Waals surface area (Å²) in [7, 11) is 0. The molecule has 1 spiro atoms. The van der Waals surface area contributed by atoms with Crippen LogP contribution < -0.4 is 0 Å². The lowest BCUT2D eigenvalue weighted by molar-refractivity contribution is -0.189. The highest BCUT2D eigenvalue weighted by Gasteiger charge is 2.86. The van der Waals surface area contributed by atoms with Gasteiger partial charge in [0.15, 0.2) is 28.5 Å². The summed E-state index contributed by atoms with van der Waals surface area (Å²) in [6, 6.07) is 0. The van der Waals surface area contributed by atoms with Crippen LogP contribution in [-0.2, 0) is 19.2 Å². The maximum Gasteiger partial charge on any atom is 0.168 e. The van der Waals surface area contributed by atoms with E-state index in [0.717, 1.165) is 24.0 Å². The summed E-state index contributed by atoms with van der Waals surface area (Å²) in [5.41, 5.74) is -2.24. The van der Waals surface area contributed by atoms with E-state index in [1.807, 2.05) is 20.8 Å². The van der Waals surface area contributed by atoms with Crippen molar-refractivity contribution in [3.05, 3.63) is 35.5 Å². The van der Waals surface area contributed by atoms with Crippen molar-refractivity contribution in [2.75, 3.05) is 0 Å². The lowest BCUT2D eigenvalue weighted by Crippen LogP contribution is -2.76. The summed E-state index contributed by atoms with van der Waals surface area (Å²) < 4.78 is 0. The molecule has 5 aliphatic rings. The molecule has 4 bridgehead atoms. The highest BCUT2D eigenvalue weighted by atomic mass is 16.2. The molecule has 4 nitrogen and oxygen atoms in total. The number of Topliss-reactive ketones (excluding diaryl/α,β-unsaturated/α-hetero) is 4. The Morgan fingerprint density at radius 3 is 2.10 bits per heavy atom. The summed E-state index contributed by atoms with van der Waals surface area (Å²) in [6.45, 7) is 24.3. The minimum atomic E-state index is -1.78. The van der Waals surface area contributed by atoms with Crippen molar-refractivity contribution < 1.29 is 19.2 Å². The van der Waals surface area contributed by atoms with Gasteiger partial charge >= 0.3 is 0 Å². The van der Waals surface area contributed by atoms with Gasteiger partial charge in [-0.15, -0.1) is 0 Å². The molecule has 0 aromatic rings. The first-order valence-corrected chi connectivity index (χ1v) is 15.0. The van der Waals surface area contributed by atoms with Crippen molar-refractivity contribution in [1.82, 2.24) is 0 Å². The molecular weight excluding hydrogens is 484 g/mol. The minimum absolute atomic E-state index is 0.0190. The Morgan fingerprint density at radius 1 is 0.949 bits per heavy atom. The van der Waals surface area contributed by atoms with E-state index in [-0.39, 0.29) is 46.9 Å². The molecule has 0 heterocycles. The Balaban J connectivity index is 1.99.